The number of rotatable bonds is 5. The highest BCUT2D eigenvalue weighted by Gasteiger charge is 2.11. The molecular weight excluding hydrogens is 320 g/mol. The van der Waals surface area contributed by atoms with E-state index in [4.69, 9.17) is 9.47 Å². The molecule has 0 fully saturated rings. The number of aromatic hydroxyl groups is 1. The van der Waals surface area contributed by atoms with Gasteiger partial charge in [0.1, 0.15) is 17.2 Å². The molecule has 0 amide bonds. The Bertz CT molecular complexity index is 847. The first-order valence-corrected chi connectivity index (χ1v) is 7.46. The Balaban J connectivity index is 2.18. The van der Waals surface area contributed by atoms with Gasteiger partial charge in [0, 0.05) is 22.8 Å². The summed E-state index contributed by atoms with van der Waals surface area (Å²) in [7, 11) is 0. The number of hydrogen-bond donors (Lipinski definition) is 1. The number of esters is 2. The smallest absolute Gasteiger partial charge is 0.338 e. The third-order valence-corrected chi connectivity index (χ3v) is 3.25. The molecular formula is C20H18O5. The minimum absolute atomic E-state index is 0.0429. The van der Waals surface area contributed by atoms with Gasteiger partial charge in [0.05, 0.1) is 0 Å². The zero-order valence-electron chi connectivity index (χ0n) is 14.0. The molecule has 0 radical (unpaired) electrons. The van der Waals surface area contributed by atoms with Crippen LogP contribution in [0, 0.1) is 0 Å². The van der Waals surface area contributed by atoms with E-state index >= 15 is 0 Å². The average molecular weight is 338 g/mol. The quantitative estimate of drug-likeness (QED) is 0.506. The lowest BCUT2D eigenvalue weighted by Crippen LogP contribution is -2.08. The highest BCUT2D eigenvalue weighted by molar-refractivity contribution is 5.89. The molecule has 0 aliphatic rings. The first-order valence-electron chi connectivity index (χ1n) is 7.46. The SMILES string of the molecule is C=C(C)C(=O)Oc1ccc(-c2ccc(OC(=O)C(=C)C)cc2O)cc1. The molecule has 0 aliphatic carbocycles. The van der Waals surface area contributed by atoms with Crippen molar-refractivity contribution in [1.29, 1.82) is 0 Å². The number of phenols is 1. The monoisotopic (exact) mass is 338 g/mol. The summed E-state index contributed by atoms with van der Waals surface area (Å²) in [6, 6.07) is 11.2. The summed E-state index contributed by atoms with van der Waals surface area (Å²) in [5.41, 5.74) is 1.84. The van der Waals surface area contributed by atoms with Crippen LogP contribution in [0.4, 0.5) is 0 Å². The van der Waals surface area contributed by atoms with Gasteiger partial charge in [-0.25, -0.2) is 9.59 Å². The first kappa shape index (κ1) is 18.0. The molecule has 0 unspecified atom stereocenters. The van der Waals surface area contributed by atoms with Gasteiger partial charge in [0.25, 0.3) is 0 Å². The predicted octanol–water partition coefficient (Wildman–Crippen LogP) is 4.02. The summed E-state index contributed by atoms with van der Waals surface area (Å²) in [6.45, 7) is 10.1. The van der Waals surface area contributed by atoms with E-state index in [1.165, 1.54) is 6.07 Å². The molecule has 0 bridgehead atoms. The van der Waals surface area contributed by atoms with Gasteiger partial charge in [-0.3, -0.25) is 0 Å². The Labute approximate surface area is 145 Å². The molecule has 128 valence electrons. The Hall–Kier alpha value is -3.34. The zero-order valence-corrected chi connectivity index (χ0v) is 14.0. The van der Waals surface area contributed by atoms with Gasteiger partial charge in [-0.1, -0.05) is 25.3 Å². The number of carbonyl (C=O) groups excluding carboxylic acids is 2. The van der Waals surface area contributed by atoms with E-state index in [-0.39, 0.29) is 17.1 Å². The zero-order chi connectivity index (χ0) is 18.6. The van der Waals surface area contributed by atoms with Crippen LogP contribution in [0.15, 0.2) is 66.8 Å². The van der Waals surface area contributed by atoms with E-state index < -0.39 is 11.9 Å². The molecule has 0 atom stereocenters. The minimum atomic E-state index is -0.559. The third kappa shape index (κ3) is 4.57. The molecule has 1 N–H and O–H groups in total. The number of ether oxygens (including phenoxy) is 2. The maximum atomic E-state index is 11.5. The Kier molecular flexibility index (Phi) is 5.39. The lowest BCUT2D eigenvalue weighted by molar-refractivity contribution is -0.130. The van der Waals surface area contributed by atoms with E-state index in [0.29, 0.717) is 22.4 Å². The van der Waals surface area contributed by atoms with Crippen molar-refractivity contribution in [2.75, 3.05) is 0 Å². The molecule has 5 heteroatoms. The molecule has 2 aromatic rings. The van der Waals surface area contributed by atoms with Crippen LogP contribution >= 0.6 is 0 Å². The summed E-state index contributed by atoms with van der Waals surface area (Å²) in [5.74, 6) is -0.502. The Morgan fingerprint density at radius 1 is 0.840 bits per heavy atom. The lowest BCUT2D eigenvalue weighted by Gasteiger charge is -2.09. The molecule has 0 heterocycles. The van der Waals surface area contributed by atoms with Crippen molar-refractivity contribution in [3.8, 4) is 28.4 Å². The van der Waals surface area contributed by atoms with Crippen molar-refractivity contribution in [3.05, 3.63) is 66.8 Å². The number of hydrogen-bond acceptors (Lipinski definition) is 5. The lowest BCUT2D eigenvalue weighted by atomic mass is 10.0. The van der Waals surface area contributed by atoms with Crippen LogP contribution in [-0.4, -0.2) is 17.0 Å². The van der Waals surface area contributed by atoms with E-state index in [9.17, 15) is 14.7 Å². The van der Waals surface area contributed by atoms with Crippen molar-refractivity contribution in [2.45, 2.75) is 13.8 Å². The highest BCUT2D eigenvalue weighted by Crippen LogP contribution is 2.33. The van der Waals surface area contributed by atoms with Gasteiger partial charge in [-0.15, -0.1) is 0 Å². The second kappa shape index (κ2) is 7.49. The van der Waals surface area contributed by atoms with Crippen molar-refractivity contribution in [2.24, 2.45) is 0 Å². The molecule has 0 saturated heterocycles. The molecule has 0 aromatic heterocycles. The van der Waals surface area contributed by atoms with Crippen LogP contribution in [0.5, 0.6) is 17.2 Å². The van der Waals surface area contributed by atoms with Crippen molar-refractivity contribution in [1.82, 2.24) is 0 Å². The standard InChI is InChI=1S/C20H18O5/c1-12(2)19(22)24-15-7-5-14(6-8-15)17-10-9-16(11-18(17)21)25-20(23)13(3)4/h5-11,21H,1,3H2,2,4H3. The van der Waals surface area contributed by atoms with Crippen molar-refractivity contribution in [3.63, 3.8) is 0 Å². The molecule has 0 aliphatic heterocycles. The topological polar surface area (TPSA) is 72.8 Å². The number of phenolic OH excluding ortho intramolecular Hbond substituents is 1. The van der Waals surface area contributed by atoms with Crippen LogP contribution in [0.1, 0.15) is 13.8 Å². The number of carbonyl (C=O) groups is 2. The van der Waals surface area contributed by atoms with Gasteiger partial charge in [0.2, 0.25) is 0 Å². The predicted molar refractivity (Wildman–Crippen MR) is 94.4 cm³/mol. The number of benzene rings is 2. The second-order valence-corrected chi connectivity index (χ2v) is 5.54. The summed E-state index contributed by atoms with van der Waals surface area (Å²) in [6.07, 6.45) is 0. The maximum absolute atomic E-state index is 11.5. The molecule has 0 saturated carbocycles. The molecule has 25 heavy (non-hydrogen) atoms. The molecule has 2 aromatic carbocycles. The molecule has 2 rings (SSSR count). The minimum Gasteiger partial charge on any atom is -0.507 e. The van der Waals surface area contributed by atoms with Gasteiger partial charge in [0.15, 0.2) is 0 Å². The largest absolute Gasteiger partial charge is 0.507 e. The summed E-state index contributed by atoms with van der Waals surface area (Å²) >= 11 is 0. The maximum Gasteiger partial charge on any atom is 0.338 e. The average Bonchev–Trinajstić information content (AvgIpc) is 2.55. The van der Waals surface area contributed by atoms with Crippen molar-refractivity contribution >= 4 is 11.9 Å². The van der Waals surface area contributed by atoms with Crippen LogP contribution < -0.4 is 9.47 Å². The van der Waals surface area contributed by atoms with E-state index in [2.05, 4.69) is 13.2 Å². The van der Waals surface area contributed by atoms with Gasteiger partial charge in [-0.05, 0) is 43.7 Å². The Morgan fingerprint density at radius 2 is 1.32 bits per heavy atom. The van der Waals surface area contributed by atoms with Crippen molar-refractivity contribution < 1.29 is 24.2 Å². The first-order chi connectivity index (χ1) is 11.8. The fourth-order valence-electron chi connectivity index (χ4n) is 1.91. The van der Waals surface area contributed by atoms with Crippen LogP contribution in [-0.2, 0) is 9.59 Å². The van der Waals surface area contributed by atoms with Crippen LogP contribution in [0.3, 0.4) is 0 Å². The fraction of sp³-hybridized carbons (Fsp3) is 0.100. The van der Waals surface area contributed by atoms with E-state index in [0.717, 1.165) is 0 Å². The van der Waals surface area contributed by atoms with Crippen LogP contribution in [0.25, 0.3) is 11.1 Å². The normalized spacial score (nSPS) is 10.0. The Morgan fingerprint density at radius 3 is 1.80 bits per heavy atom. The summed E-state index contributed by atoms with van der Waals surface area (Å²) in [4.78, 5) is 23.0. The third-order valence-electron chi connectivity index (χ3n) is 3.25. The van der Waals surface area contributed by atoms with Gasteiger partial charge in [-0.2, -0.15) is 0 Å². The summed E-state index contributed by atoms with van der Waals surface area (Å²) < 4.78 is 10.2. The highest BCUT2D eigenvalue weighted by atomic mass is 16.5. The molecule has 5 nitrogen and oxygen atoms in total. The molecule has 0 spiro atoms. The van der Waals surface area contributed by atoms with E-state index in [1.807, 2.05) is 0 Å². The fourth-order valence-corrected chi connectivity index (χ4v) is 1.91. The van der Waals surface area contributed by atoms with Gasteiger partial charge >= 0.3 is 11.9 Å². The van der Waals surface area contributed by atoms with Crippen LogP contribution in [0.2, 0.25) is 0 Å². The second-order valence-electron chi connectivity index (χ2n) is 5.54. The summed E-state index contributed by atoms with van der Waals surface area (Å²) in [5, 5.41) is 10.2. The van der Waals surface area contributed by atoms with E-state index in [1.54, 1.807) is 50.2 Å². The van der Waals surface area contributed by atoms with Gasteiger partial charge < -0.3 is 14.6 Å².